The normalized spacial score (nSPS) is 10.8. The maximum atomic E-state index is 6.83. The van der Waals surface area contributed by atoms with E-state index in [4.69, 9.17) is 5.53 Å². The molecule has 3 heteroatoms. The molecule has 0 spiro atoms. The Morgan fingerprint density at radius 3 is 1.83 bits per heavy atom. The molecule has 2 aromatic rings. The fourth-order valence-corrected chi connectivity index (χ4v) is 3.48. The van der Waals surface area contributed by atoms with Crippen LogP contribution >= 0.6 is 0 Å². The van der Waals surface area contributed by atoms with E-state index in [-0.39, 0.29) is 0 Å². The van der Waals surface area contributed by atoms with E-state index in [1.807, 2.05) is 26.0 Å². The van der Waals surface area contributed by atoms with Crippen molar-refractivity contribution in [3.05, 3.63) is 120 Å². The first-order valence-corrected chi connectivity index (χ1v) is 13.2. The van der Waals surface area contributed by atoms with Crippen LogP contribution in [0.25, 0.3) is 0 Å². The SMILES string of the molecule is C=C(C)N(CCC)CCC.C=C/C=C\C(C)=C(/CC)N=N.Cc1ccc(CCc2ccccc2)cc1. The van der Waals surface area contributed by atoms with Gasteiger partial charge >= 0.3 is 0 Å². The first-order valence-electron chi connectivity index (χ1n) is 13.2. The molecule has 0 unspecified atom stereocenters. The largest absolute Gasteiger partial charge is 0.376 e. The maximum Gasteiger partial charge on any atom is 0.0650 e. The molecule has 0 fully saturated rings. The van der Waals surface area contributed by atoms with E-state index in [1.165, 1.54) is 35.2 Å². The second-order valence-corrected chi connectivity index (χ2v) is 8.88. The van der Waals surface area contributed by atoms with E-state index in [1.54, 1.807) is 6.08 Å². The summed E-state index contributed by atoms with van der Waals surface area (Å²) in [5.74, 6) is 0. The molecule has 0 heterocycles. The third-order valence-corrected chi connectivity index (χ3v) is 5.60. The lowest BCUT2D eigenvalue weighted by Crippen LogP contribution is -2.22. The van der Waals surface area contributed by atoms with Crippen molar-refractivity contribution in [1.82, 2.24) is 4.90 Å². The second kappa shape index (κ2) is 21.1. The van der Waals surface area contributed by atoms with E-state index in [9.17, 15) is 0 Å². The molecule has 36 heavy (non-hydrogen) atoms. The summed E-state index contributed by atoms with van der Waals surface area (Å²) >= 11 is 0. The van der Waals surface area contributed by atoms with Crippen molar-refractivity contribution in [3.63, 3.8) is 0 Å². The molecule has 0 saturated heterocycles. The van der Waals surface area contributed by atoms with Gasteiger partial charge in [0.1, 0.15) is 0 Å². The molecule has 196 valence electrons. The van der Waals surface area contributed by atoms with Gasteiger partial charge in [0.25, 0.3) is 0 Å². The lowest BCUT2D eigenvalue weighted by molar-refractivity contribution is 0.347. The van der Waals surface area contributed by atoms with Crippen LogP contribution in [0.1, 0.15) is 70.6 Å². The van der Waals surface area contributed by atoms with Gasteiger partial charge in [0.2, 0.25) is 0 Å². The minimum absolute atomic E-state index is 0.802. The first-order chi connectivity index (χ1) is 17.3. The Morgan fingerprint density at radius 2 is 1.42 bits per heavy atom. The van der Waals surface area contributed by atoms with Crippen LogP contribution in [0, 0.1) is 12.5 Å². The van der Waals surface area contributed by atoms with Crippen LogP contribution < -0.4 is 0 Å². The van der Waals surface area contributed by atoms with E-state index in [0.717, 1.165) is 43.6 Å². The van der Waals surface area contributed by atoms with Gasteiger partial charge in [0.15, 0.2) is 0 Å². The first kappa shape index (κ1) is 32.8. The Labute approximate surface area is 221 Å². The fourth-order valence-electron chi connectivity index (χ4n) is 3.48. The minimum Gasteiger partial charge on any atom is -0.376 e. The summed E-state index contributed by atoms with van der Waals surface area (Å²) in [5, 5.41) is 3.40. The lowest BCUT2D eigenvalue weighted by Gasteiger charge is -2.23. The van der Waals surface area contributed by atoms with Gasteiger partial charge in [-0.2, -0.15) is 5.11 Å². The molecule has 0 aliphatic carbocycles. The van der Waals surface area contributed by atoms with Crippen LogP contribution in [0.4, 0.5) is 0 Å². The molecule has 2 rings (SSSR count). The quantitative estimate of drug-likeness (QED) is 0.235. The van der Waals surface area contributed by atoms with Crippen molar-refractivity contribution in [2.75, 3.05) is 13.1 Å². The van der Waals surface area contributed by atoms with Gasteiger partial charge in [-0.3, -0.25) is 0 Å². The highest BCUT2D eigenvalue weighted by Crippen LogP contribution is 2.10. The van der Waals surface area contributed by atoms with E-state index >= 15 is 0 Å². The second-order valence-electron chi connectivity index (χ2n) is 8.88. The van der Waals surface area contributed by atoms with Crippen molar-refractivity contribution in [1.29, 1.82) is 5.53 Å². The summed E-state index contributed by atoms with van der Waals surface area (Å²) in [7, 11) is 0. The predicted octanol–water partition coefficient (Wildman–Crippen LogP) is 9.87. The number of rotatable bonds is 12. The van der Waals surface area contributed by atoms with Gasteiger partial charge < -0.3 is 4.90 Å². The average molecular weight is 488 g/mol. The maximum absolute atomic E-state index is 6.83. The number of nitrogens with zero attached hydrogens (tertiary/aromatic N) is 2. The van der Waals surface area contributed by atoms with Gasteiger partial charge in [0, 0.05) is 18.8 Å². The number of aryl methyl sites for hydroxylation is 3. The molecule has 0 aromatic heterocycles. The third-order valence-electron chi connectivity index (χ3n) is 5.60. The molecule has 0 radical (unpaired) electrons. The number of hydrogen-bond donors (Lipinski definition) is 1. The van der Waals surface area contributed by atoms with Crippen LogP contribution in [0.2, 0.25) is 0 Å². The molecule has 3 nitrogen and oxygen atoms in total. The molecular weight excluding hydrogens is 438 g/mol. The average Bonchev–Trinajstić information content (AvgIpc) is 2.89. The summed E-state index contributed by atoms with van der Waals surface area (Å²) in [4.78, 5) is 2.33. The summed E-state index contributed by atoms with van der Waals surface area (Å²) in [6.07, 6.45) is 10.9. The zero-order valence-electron chi connectivity index (χ0n) is 23.7. The number of nitrogens with one attached hydrogen (secondary N) is 1. The lowest BCUT2D eigenvalue weighted by atomic mass is 10.0. The van der Waals surface area contributed by atoms with Crippen molar-refractivity contribution in [2.24, 2.45) is 5.11 Å². The van der Waals surface area contributed by atoms with Gasteiger partial charge in [-0.15, -0.1) is 0 Å². The van der Waals surface area contributed by atoms with Crippen LogP contribution in [0.15, 0.2) is 108 Å². The van der Waals surface area contributed by atoms with E-state index in [0.29, 0.717) is 0 Å². The summed E-state index contributed by atoms with van der Waals surface area (Å²) in [6, 6.07) is 19.4. The topological polar surface area (TPSA) is 39.5 Å². The van der Waals surface area contributed by atoms with Crippen molar-refractivity contribution in [3.8, 4) is 0 Å². The van der Waals surface area contributed by atoms with Crippen molar-refractivity contribution < 1.29 is 0 Å². The molecule has 1 N–H and O–H groups in total. The Hall–Kier alpha value is -3.20. The molecule has 0 bridgehead atoms. The summed E-state index contributed by atoms with van der Waals surface area (Å²) < 4.78 is 0. The molecule has 0 amide bonds. The summed E-state index contributed by atoms with van der Waals surface area (Å²) in [6.45, 7) is 22.3. The molecule has 0 aliphatic heterocycles. The zero-order chi connectivity index (χ0) is 27.2. The standard InChI is InChI=1S/C15H16.C9H14N2.C9H19N/c1-13-7-9-15(10-8-13)12-11-14-5-3-2-4-6-14;1-4-6-7-8(3)9(5-2)11-10;1-5-7-10(8-6-2)9(3)4/h2-10H,11-12H2,1H3;4,6-7,10H,1,5H2,2-3H3;3,5-8H2,1-2,4H3/b;7-6-,9-8+,11-10?;. The zero-order valence-corrected chi connectivity index (χ0v) is 23.7. The number of allylic oxidation sites excluding steroid dienone is 6. The van der Waals surface area contributed by atoms with E-state index in [2.05, 4.69) is 105 Å². The Kier molecular flexibility index (Phi) is 19.2. The third kappa shape index (κ3) is 15.7. The van der Waals surface area contributed by atoms with Gasteiger partial charge in [-0.1, -0.05) is 112 Å². The van der Waals surface area contributed by atoms with Crippen LogP contribution in [-0.2, 0) is 12.8 Å². The molecule has 0 saturated carbocycles. The monoisotopic (exact) mass is 487 g/mol. The van der Waals surface area contributed by atoms with Gasteiger partial charge in [-0.25, -0.2) is 5.53 Å². The van der Waals surface area contributed by atoms with Crippen molar-refractivity contribution >= 4 is 0 Å². The smallest absolute Gasteiger partial charge is 0.0650 e. The van der Waals surface area contributed by atoms with E-state index < -0.39 is 0 Å². The van der Waals surface area contributed by atoms with Crippen LogP contribution in [0.3, 0.4) is 0 Å². The highest BCUT2D eigenvalue weighted by molar-refractivity contribution is 5.25. The highest BCUT2D eigenvalue weighted by Gasteiger charge is 1.98. The number of benzene rings is 2. The van der Waals surface area contributed by atoms with Crippen molar-refractivity contribution in [2.45, 2.75) is 73.6 Å². The Balaban J connectivity index is 0.000000528. The van der Waals surface area contributed by atoms with Crippen LogP contribution in [0.5, 0.6) is 0 Å². The Bertz CT molecular complexity index is 915. The Morgan fingerprint density at radius 1 is 0.889 bits per heavy atom. The van der Waals surface area contributed by atoms with Crippen LogP contribution in [-0.4, -0.2) is 18.0 Å². The fraction of sp³-hybridized carbons (Fsp3) is 0.394. The molecule has 2 aromatic carbocycles. The number of hydrogen-bond acceptors (Lipinski definition) is 3. The molecular formula is C33H49N3. The summed E-state index contributed by atoms with van der Waals surface area (Å²) in [5.41, 5.74) is 14.1. The molecule has 0 atom stereocenters. The minimum atomic E-state index is 0.802. The highest BCUT2D eigenvalue weighted by atomic mass is 15.1. The van der Waals surface area contributed by atoms with Gasteiger partial charge in [0.05, 0.1) is 5.70 Å². The predicted molar refractivity (Wildman–Crippen MR) is 159 cm³/mol. The van der Waals surface area contributed by atoms with Gasteiger partial charge in [-0.05, 0) is 69.6 Å². The molecule has 0 aliphatic rings.